The third-order valence-corrected chi connectivity index (χ3v) is 3.13. The first kappa shape index (κ1) is 12.3. The Bertz CT molecular complexity index is 239. The monoisotopic (exact) mass is 209 g/mol. The molecule has 2 nitrogen and oxygen atoms in total. The normalized spacial score (nSPS) is 13.3. The predicted molar refractivity (Wildman–Crippen MR) is 63.7 cm³/mol. The van der Waals surface area contributed by atoms with Crippen molar-refractivity contribution in [1.29, 1.82) is 0 Å². The van der Waals surface area contributed by atoms with Crippen molar-refractivity contribution < 1.29 is 4.42 Å². The van der Waals surface area contributed by atoms with Crippen LogP contribution < -0.4 is 5.73 Å². The van der Waals surface area contributed by atoms with Gasteiger partial charge in [0.2, 0.25) is 0 Å². The molecule has 1 aromatic rings. The van der Waals surface area contributed by atoms with Crippen molar-refractivity contribution in [2.45, 2.75) is 52.0 Å². The highest BCUT2D eigenvalue weighted by Crippen LogP contribution is 2.16. The molecule has 2 heteroatoms. The molecule has 1 rings (SSSR count). The lowest BCUT2D eigenvalue weighted by atomic mass is 9.93. The molecule has 1 atom stereocenters. The highest BCUT2D eigenvalue weighted by molar-refractivity contribution is 4.98. The maximum atomic E-state index is 6.10. The van der Waals surface area contributed by atoms with Crippen LogP contribution >= 0.6 is 0 Å². The van der Waals surface area contributed by atoms with Gasteiger partial charge in [0.05, 0.1) is 6.26 Å². The van der Waals surface area contributed by atoms with Crippen molar-refractivity contribution >= 4 is 0 Å². The lowest BCUT2D eigenvalue weighted by Crippen LogP contribution is -2.24. The zero-order chi connectivity index (χ0) is 11.1. The molecule has 15 heavy (non-hydrogen) atoms. The van der Waals surface area contributed by atoms with Crippen LogP contribution in [0.15, 0.2) is 22.8 Å². The second-order valence-electron chi connectivity index (χ2n) is 4.30. The highest BCUT2D eigenvalue weighted by atomic mass is 16.3. The summed E-state index contributed by atoms with van der Waals surface area (Å²) in [5.41, 5.74) is 6.10. The van der Waals surface area contributed by atoms with Crippen molar-refractivity contribution in [3.8, 4) is 0 Å². The molecule has 1 aromatic heterocycles. The summed E-state index contributed by atoms with van der Waals surface area (Å²) in [6.07, 6.45) is 7.35. The average molecular weight is 209 g/mol. The minimum absolute atomic E-state index is 0.319. The van der Waals surface area contributed by atoms with Crippen LogP contribution in [0.4, 0.5) is 0 Å². The van der Waals surface area contributed by atoms with Crippen molar-refractivity contribution in [2.75, 3.05) is 0 Å². The quantitative estimate of drug-likeness (QED) is 0.747. The van der Waals surface area contributed by atoms with Gasteiger partial charge < -0.3 is 10.2 Å². The third-order valence-electron chi connectivity index (χ3n) is 3.13. The highest BCUT2D eigenvalue weighted by Gasteiger charge is 2.10. The molecule has 2 N–H and O–H groups in total. The topological polar surface area (TPSA) is 39.2 Å². The smallest absolute Gasteiger partial charge is 0.103 e. The molecule has 0 amide bonds. The van der Waals surface area contributed by atoms with E-state index in [0.29, 0.717) is 6.04 Å². The summed E-state index contributed by atoms with van der Waals surface area (Å²) in [5, 5.41) is 0. The first-order valence-electron chi connectivity index (χ1n) is 6.04. The summed E-state index contributed by atoms with van der Waals surface area (Å²) in [7, 11) is 0. The SMILES string of the molecule is CCC(CC)CC(N)CCc1ccco1. The zero-order valence-electron chi connectivity index (χ0n) is 9.91. The summed E-state index contributed by atoms with van der Waals surface area (Å²) in [5.74, 6) is 1.84. The minimum atomic E-state index is 0.319. The number of hydrogen-bond acceptors (Lipinski definition) is 2. The van der Waals surface area contributed by atoms with Crippen LogP contribution in [0.2, 0.25) is 0 Å². The molecule has 0 radical (unpaired) electrons. The minimum Gasteiger partial charge on any atom is -0.469 e. The van der Waals surface area contributed by atoms with Crippen molar-refractivity contribution in [3.05, 3.63) is 24.2 Å². The molecule has 0 fully saturated rings. The van der Waals surface area contributed by atoms with E-state index < -0.39 is 0 Å². The van der Waals surface area contributed by atoms with E-state index in [4.69, 9.17) is 10.2 Å². The zero-order valence-corrected chi connectivity index (χ0v) is 9.91. The van der Waals surface area contributed by atoms with Crippen LogP contribution in [0.3, 0.4) is 0 Å². The Kier molecular flexibility index (Phi) is 5.48. The first-order chi connectivity index (χ1) is 7.26. The van der Waals surface area contributed by atoms with Gasteiger partial charge in [0.1, 0.15) is 5.76 Å². The molecule has 0 bridgehead atoms. The Morgan fingerprint density at radius 1 is 1.33 bits per heavy atom. The molecule has 0 aliphatic heterocycles. The van der Waals surface area contributed by atoms with Crippen molar-refractivity contribution in [3.63, 3.8) is 0 Å². The summed E-state index contributed by atoms with van der Waals surface area (Å²) in [4.78, 5) is 0. The van der Waals surface area contributed by atoms with E-state index in [1.165, 1.54) is 12.8 Å². The van der Waals surface area contributed by atoms with Crippen LogP contribution in [0, 0.1) is 5.92 Å². The Morgan fingerprint density at radius 2 is 2.07 bits per heavy atom. The maximum absolute atomic E-state index is 6.10. The standard InChI is InChI=1S/C13H23NO/c1-3-11(4-2)10-12(14)7-8-13-6-5-9-15-13/h5-6,9,11-12H,3-4,7-8,10,14H2,1-2H3. The lowest BCUT2D eigenvalue weighted by Gasteiger charge is -2.17. The van der Waals surface area contributed by atoms with Crippen LogP contribution in [0.25, 0.3) is 0 Å². The molecule has 86 valence electrons. The summed E-state index contributed by atoms with van der Waals surface area (Å²) >= 11 is 0. The van der Waals surface area contributed by atoms with E-state index in [9.17, 15) is 0 Å². The average Bonchev–Trinajstić information content (AvgIpc) is 2.75. The molecular weight excluding hydrogens is 186 g/mol. The third kappa shape index (κ3) is 4.52. The second kappa shape index (κ2) is 6.67. The van der Waals surface area contributed by atoms with Crippen molar-refractivity contribution in [2.24, 2.45) is 11.7 Å². The van der Waals surface area contributed by atoms with Gasteiger partial charge in [0.25, 0.3) is 0 Å². The Labute approximate surface area is 92.9 Å². The summed E-state index contributed by atoms with van der Waals surface area (Å²) < 4.78 is 5.29. The van der Waals surface area contributed by atoms with Gasteiger partial charge in [-0.15, -0.1) is 0 Å². The molecule has 1 heterocycles. The largest absolute Gasteiger partial charge is 0.469 e. The van der Waals surface area contributed by atoms with E-state index in [1.54, 1.807) is 6.26 Å². The van der Waals surface area contributed by atoms with Crippen LogP contribution in [0.5, 0.6) is 0 Å². The molecular formula is C13H23NO. The van der Waals surface area contributed by atoms with Gasteiger partial charge >= 0.3 is 0 Å². The van der Waals surface area contributed by atoms with Gasteiger partial charge in [0, 0.05) is 12.5 Å². The number of aryl methyl sites for hydroxylation is 1. The number of furan rings is 1. The molecule has 0 spiro atoms. The van der Waals surface area contributed by atoms with Gasteiger partial charge in [-0.1, -0.05) is 26.7 Å². The first-order valence-corrected chi connectivity index (χ1v) is 6.04. The second-order valence-corrected chi connectivity index (χ2v) is 4.30. The maximum Gasteiger partial charge on any atom is 0.103 e. The van der Waals surface area contributed by atoms with E-state index >= 15 is 0 Å². The van der Waals surface area contributed by atoms with Crippen LogP contribution in [-0.2, 0) is 6.42 Å². The Morgan fingerprint density at radius 3 is 2.60 bits per heavy atom. The fourth-order valence-electron chi connectivity index (χ4n) is 1.95. The fraction of sp³-hybridized carbons (Fsp3) is 0.692. The van der Waals surface area contributed by atoms with Crippen molar-refractivity contribution in [1.82, 2.24) is 0 Å². The Balaban J connectivity index is 2.21. The van der Waals surface area contributed by atoms with E-state index in [2.05, 4.69) is 13.8 Å². The van der Waals surface area contributed by atoms with E-state index in [0.717, 1.165) is 30.9 Å². The van der Waals surface area contributed by atoms with Crippen LogP contribution in [-0.4, -0.2) is 6.04 Å². The summed E-state index contributed by atoms with van der Waals surface area (Å²) in [6, 6.07) is 4.27. The van der Waals surface area contributed by atoms with Crippen LogP contribution in [0.1, 0.15) is 45.3 Å². The Hall–Kier alpha value is -0.760. The van der Waals surface area contributed by atoms with Gasteiger partial charge in [-0.25, -0.2) is 0 Å². The number of nitrogens with two attached hydrogens (primary N) is 1. The molecule has 1 unspecified atom stereocenters. The molecule has 0 aliphatic carbocycles. The van der Waals surface area contributed by atoms with Gasteiger partial charge in [0.15, 0.2) is 0 Å². The summed E-state index contributed by atoms with van der Waals surface area (Å²) in [6.45, 7) is 4.49. The number of rotatable bonds is 7. The molecule has 0 saturated carbocycles. The van der Waals surface area contributed by atoms with E-state index in [-0.39, 0.29) is 0 Å². The van der Waals surface area contributed by atoms with Gasteiger partial charge in [-0.2, -0.15) is 0 Å². The molecule has 0 aromatic carbocycles. The van der Waals surface area contributed by atoms with Gasteiger partial charge in [-0.05, 0) is 30.9 Å². The lowest BCUT2D eigenvalue weighted by molar-refractivity contribution is 0.388. The fourth-order valence-corrected chi connectivity index (χ4v) is 1.95. The predicted octanol–water partition coefficient (Wildman–Crippen LogP) is 3.37. The van der Waals surface area contributed by atoms with Gasteiger partial charge in [-0.3, -0.25) is 0 Å². The van der Waals surface area contributed by atoms with E-state index in [1.807, 2.05) is 12.1 Å². The molecule has 0 saturated heterocycles. The molecule has 0 aliphatic rings. The number of hydrogen-bond donors (Lipinski definition) is 1.